The highest BCUT2D eigenvalue weighted by Gasteiger charge is 2.26. The monoisotopic (exact) mass is 347 g/mol. The number of carbonyl (C=O) groups is 1. The number of carbonyl (C=O) groups excluding carboxylic acids is 1. The van der Waals surface area contributed by atoms with Crippen LogP contribution in [0.1, 0.15) is 25.2 Å². The van der Waals surface area contributed by atoms with Crippen molar-refractivity contribution in [2.75, 3.05) is 20.8 Å². The van der Waals surface area contributed by atoms with Crippen molar-refractivity contribution < 1.29 is 23.9 Å². The zero-order valence-corrected chi connectivity index (χ0v) is 14.3. The SMILES string of the molecule is COc1ccc(-c2noc(CN3CCCCC(O)C3=O)n2)cc1OC. The van der Waals surface area contributed by atoms with Gasteiger partial charge in [0, 0.05) is 12.1 Å². The summed E-state index contributed by atoms with van der Waals surface area (Å²) in [5.41, 5.74) is 0.717. The molecule has 1 aliphatic heterocycles. The van der Waals surface area contributed by atoms with Gasteiger partial charge in [0.2, 0.25) is 11.7 Å². The van der Waals surface area contributed by atoms with Crippen LogP contribution in [0.5, 0.6) is 11.5 Å². The van der Waals surface area contributed by atoms with Crippen LogP contribution in [0, 0.1) is 0 Å². The molecule has 0 aliphatic carbocycles. The van der Waals surface area contributed by atoms with Crippen molar-refractivity contribution in [2.24, 2.45) is 0 Å². The van der Waals surface area contributed by atoms with E-state index in [1.54, 1.807) is 37.3 Å². The van der Waals surface area contributed by atoms with Crippen LogP contribution in [-0.2, 0) is 11.3 Å². The van der Waals surface area contributed by atoms with Gasteiger partial charge in [-0.1, -0.05) is 5.16 Å². The van der Waals surface area contributed by atoms with E-state index in [1.165, 1.54) is 0 Å². The molecule has 25 heavy (non-hydrogen) atoms. The first-order valence-corrected chi connectivity index (χ1v) is 8.14. The van der Waals surface area contributed by atoms with Crippen LogP contribution in [0.3, 0.4) is 0 Å². The minimum absolute atomic E-state index is 0.191. The van der Waals surface area contributed by atoms with E-state index in [0.717, 1.165) is 18.4 Å². The van der Waals surface area contributed by atoms with E-state index >= 15 is 0 Å². The topological polar surface area (TPSA) is 97.9 Å². The van der Waals surface area contributed by atoms with Crippen LogP contribution in [-0.4, -0.2) is 52.9 Å². The number of methoxy groups -OCH3 is 2. The van der Waals surface area contributed by atoms with Crippen molar-refractivity contribution in [2.45, 2.75) is 31.9 Å². The Bertz CT molecular complexity index is 746. The molecule has 8 nitrogen and oxygen atoms in total. The second-order valence-corrected chi connectivity index (χ2v) is 5.85. The Morgan fingerprint density at radius 1 is 1.28 bits per heavy atom. The molecule has 1 amide bonds. The molecule has 3 rings (SSSR count). The average Bonchev–Trinajstić information content (AvgIpc) is 3.05. The lowest BCUT2D eigenvalue weighted by atomic mass is 10.2. The number of aliphatic hydroxyl groups is 1. The molecule has 1 unspecified atom stereocenters. The Balaban J connectivity index is 1.77. The fraction of sp³-hybridized carbons (Fsp3) is 0.471. The van der Waals surface area contributed by atoms with Gasteiger partial charge in [-0.2, -0.15) is 4.98 Å². The molecule has 1 aromatic carbocycles. The van der Waals surface area contributed by atoms with E-state index in [-0.39, 0.29) is 12.5 Å². The fourth-order valence-corrected chi connectivity index (χ4v) is 2.82. The van der Waals surface area contributed by atoms with Gasteiger partial charge in [0.1, 0.15) is 12.6 Å². The number of rotatable bonds is 5. The number of amides is 1. The predicted molar refractivity (Wildman–Crippen MR) is 88.1 cm³/mol. The number of hydrogen-bond donors (Lipinski definition) is 1. The Labute approximate surface area is 145 Å². The second kappa shape index (κ2) is 7.52. The molecule has 2 heterocycles. The van der Waals surface area contributed by atoms with Crippen LogP contribution in [0.4, 0.5) is 0 Å². The summed E-state index contributed by atoms with van der Waals surface area (Å²) in [6.07, 6.45) is 1.22. The Morgan fingerprint density at radius 3 is 2.84 bits per heavy atom. The van der Waals surface area contributed by atoms with Gasteiger partial charge in [0.15, 0.2) is 11.5 Å². The van der Waals surface area contributed by atoms with Crippen molar-refractivity contribution in [3.05, 3.63) is 24.1 Å². The van der Waals surface area contributed by atoms with E-state index in [0.29, 0.717) is 36.2 Å². The lowest BCUT2D eigenvalue weighted by molar-refractivity contribution is -0.140. The summed E-state index contributed by atoms with van der Waals surface area (Å²) in [5, 5.41) is 13.8. The lowest BCUT2D eigenvalue weighted by Gasteiger charge is -2.19. The minimum atomic E-state index is -0.948. The Kier molecular flexibility index (Phi) is 5.18. The zero-order chi connectivity index (χ0) is 17.8. The Morgan fingerprint density at radius 2 is 2.08 bits per heavy atom. The van der Waals surface area contributed by atoms with E-state index in [9.17, 15) is 9.90 Å². The first-order chi connectivity index (χ1) is 12.1. The third-order valence-corrected chi connectivity index (χ3v) is 4.19. The van der Waals surface area contributed by atoms with Crippen LogP contribution in [0.2, 0.25) is 0 Å². The number of hydrogen-bond acceptors (Lipinski definition) is 7. The molecule has 8 heteroatoms. The van der Waals surface area contributed by atoms with Gasteiger partial charge in [0.05, 0.1) is 14.2 Å². The van der Waals surface area contributed by atoms with Crippen molar-refractivity contribution in [1.82, 2.24) is 15.0 Å². The number of benzene rings is 1. The van der Waals surface area contributed by atoms with Crippen molar-refractivity contribution in [3.8, 4) is 22.9 Å². The molecule has 1 saturated heterocycles. The summed E-state index contributed by atoms with van der Waals surface area (Å²) in [6.45, 7) is 0.764. The highest BCUT2D eigenvalue weighted by molar-refractivity contribution is 5.80. The molecule has 0 saturated carbocycles. The summed E-state index contributed by atoms with van der Waals surface area (Å²) in [4.78, 5) is 18.0. The molecule has 0 bridgehead atoms. The maximum absolute atomic E-state index is 12.1. The minimum Gasteiger partial charge on any atom is -0.493 e. The molecule has 1 fully saturated rings. The number of aliphatic hydroxyl groups excluding tert-OH is 1. The molecule has 1 atom stereocenters. The second-order valence-electron chi connectivity index (χ2n) is 5.85. The third-order valence-electron chi connectivity index (χ3n) is 4.19. The van der Waals surface area contributed by atoms with Crippen LogP contribution in [0.25, 0.3) is 11.4 Å². The summed E-state index contributed by atoms with van der Waals surface area (Å²) < 4.78 is 15.8. The molecule has 0 radical (unpaired) electrons. The zero-order valence-electron chi connectivity index (χ0n) is 14.3. The smallest absolute Gasteiger partial charge is 0.251 e. The maximum atomic E-state index is 12.1. The quantitative estimate of drug-likeness (QED) is 0.877. The molecular formula is C17H21N3O5. The van der Waals surface area contributed by atoms with Gasteiger partial charge in [-0.3, -0.25) is 4.79 Å². The molecule has 1 aromatic heterocycles. The molecule has 1 aliphatic rings. The third kappa shape index (κ3) is 3.74. The Hall–Kier alpha value is -2.61. The first-order valence-electron chi connectivity index (χ1n) is 8.14. The highest BCUT2D eigenvalue weighted by Crippen LogP contribution is 2.31. The van der Waals surface area contributed by atoms with Crippen LogP contribution < -0.4 is 9.47 Å². The maximum Gasteiger partial charge on any atom is 0.251 e. The van der Waals surface area contributed by atoms with Gasteiger partial charge in [-0.25, -0.2) is 0 Å². The summed E-state index contributed by atoms with van der Waals surface area (Å²) in [7, 11) is 3.12. The van der Waals surface area contributed by atoms with Crippen molar-refractivity contribution >= 4 is 5.91 Å². The van der Waals surface area contributed by atoms with Gasteiger partial charge in [-0.15, -0.1) is 0 Å². The van der Waals surface area contributed by atoms with Gasteiger partial charge in [0.25, 0.3) is 5.91 Å². The van der Waals surface area contributed by atoms with E-state index in [1.807, 2.05) is 0 Å². The molecule has 134 valence electrons. The largest absolute Gasteiger partial charge is 0.493 e. The van der Waals surface area contributed by atoms with Crippen LogP contribution in [0.15, 0.2) is 22.7 Å². The molecular weight excluding hydrogens is 326 g/mol. The summed E-state index contributed by atoms with van der Waals surface area (Å²) in [6, 6.07) is 5.32. The van der Waals surface area contributed by atoms with Gasteiger partial charge < -0.3 is 24.0 Å². The highest BCUT2D eigenvalue weighted by atomic mass is 16.5. The summed E-state index contributed by atoms with van der Waals surface area (Å²) >= 11 is 0. The lowest BCUT2D eigenvalue weighted by Crippen LogP contribution is -2.37. The number of nitrogens with zero attached hydrogens (tertiary/aromatic N) is 3. The molecule has 1 N–H and O–H groups in total. The van der Waals surface area contributed by atoms with E-state index < -0.39 is 6.10 Å². The normalized spacial score (nSPS) is 18.1. The average molecular weight is 347 g/mol. The van der Waals surface area contributed by atoms with Crippen molar-refractivity contribution in [3.63, 3.8) is 0 Å². The molecule has 2 aromatic rings. The predicted octanol–water partition coefficient (Wildman–Crippen LogP) is 1.63. The summed E-state index contributed by atoms with van der Waals surface area (Å²) in [5.74, 6) is 1.62. The van der Waals surface area contributed by atoms with Crippen LogP contribution >= 0.6 is 0 Å². The van der Waals surface area contributed by atoms with Gasteiger partial charge in [-0.05, 0) is 37.5 Å². The fourth-order valence-electron chi connectivity index (χ4n) is 2.82. The van der Waals surface area contributed by atoms with Gasteiger partial charge >= 0.3 is 0 Å². The molecule has 0 spiro atoms. The van der Waals surface area contributed by atoms with E-state index in [2.05, 4.69) is 10.1 Å². The number of likely N-dealkylation sites (tertiary alicyclic amines) is 1. The van der Waals surface area contributed by atoms with Crippen molar-refractivity contribution in [1.29, 1.82) is 0 Å². The number of aromatic nitrogens is 2. The van der Waals surface area contributed by atoms with E-state index in [4.69, 9.17) is 14.0 Å². The first kappa shape index (κ1) is 17.2. The number of ether oxygens (including phenoxy) is 2. The standard InChI is InChI=1S/C17H21N3O5/c1-23-13-7-6-11(9-14(13)24-2)16-18-15(25-19-16)10-20-8-4-3-5-12(21)17(20)22/h6-7,9,12,21H,3-5,8,10H2,1-2H3.